The molecular weight excluding hydrogens is 442 g/mol. The fourth-order valence-electron chi connectivity index (χ4n) is 2.60. The zero-order chi connectivity index (χ0) is 20.3. The monoisotopic (exact) mass is 459 g/mol. The van der Waals surface area contributed by atoms with E-state index in [1.54, 1.807) is 24.3 Å². The Morgan fingerprint density at radius 2 is 2.00 bits per heavy atom. The van der Waals surface area contributed by atoms with Crippen molar-refractivity contribution in [2.24, 2.45) is 4.99 Å². The van der Waals surface area contributed by atoms with Gasteiger partial charge in [0, 0.05) is 10.7 Å². The van der Waals surface area contributed by atoms with Crippen molar-refractivity contribution in [3.63, 3.8) is 0 Å². The second-order valence-electron chi connectivity index (χ2n) is 5.97. The van der Waals surface area contributed by atoms with E-state index in [0.29, 0.717) is 23.7 Å². The third kappa shape index (κ3) is 4.23. The summed E-state index contributed by atoms with van der Waals surface area (Å²) in [5.41, 5.74) is 1.80. The fourth-order valence-corrected chi connectivity index (χ4v) is 3.48. The van der Waals surface area contributed by atoms with Crippen molar-refractivity contribution >= 4 is 40.0 Å². The molecule has 0 radical (unpaired) electrons. The first-order valence-electron chi connectivity index (χ1n) is 8.52. The van der Waals surface area contributed by atoms with E-state index in [-0.39, 0.29) is 16.2 Å². The van der Waals surface area contributed by atoms with Crippen LogP contribution in [-0.4, -0.2) is 27.5 Å². The van der Waals surface area contributed by atoms with Gasteiger partial charge in [-0.05, 0) is 84.0 Å². The van der Waals surface area contributed by atoms with E-state index in [1.165, 1.54) is 10.8 Å². The molecule has 0 atom stereocenters. The van der Waals surface area contributed by atoms with Crippen LogP contribution >= 0.6 is 28.1 Å². The number of nitrogens with one attached hydrogen (secondary N) is 1. The molecule has 3 rings (SSSR count). The lowest BCUT2D eigenvalue weighted by molar-refractivity contribution is 0.340. The van der Waals surface area contributed by atoms with Crippen LogP contribution in [-0.2, 0) is 0 Å². The summed E-state index contributed by atoms with van der Waals surface area (Å²) in [7, 11) is 0. The summed E-state index contributed by atoms with van der Waals surface area (Å²) in [5.74, 6) is 0.414. The van der Waals surface area contributed by atoms with E-state index < -0.39 is 5.56 Å². The summed E-state index contributed by atoms with van der Waals surface area (Å²) in [6, 6.07) is 12.7. The van der Waals surface area contributed by atoms with Gasteiger partial charge in [-0.2, -0.15) is 0 Å². The molecule has 6 nitrogen and oxygen atoms in total. The van der Waals surface area contributed by atoms with Crippen molar-refractivity contribution in [3.8, 4) is 17.3 Å². The van der Waals surface area contributed by atoms with Crippen molar-refractivity contribution in [3.05, 3.63) is 73.2 Å². The zero-order valence-corrected chi connectivity index (χ0v) is 17.7. The third-order valence-corrected chi connectivity index (χ3v) is 4.88. The lowest BCUT2D eigenvalue weighted by Gasteiger charge is -2.12. The molecule has 3 aromatic rings. The minimum absolute atomic E-state index is 0.00922. The number of rotatable bonds is 5. The van der Waals surface area contributed by atoms with Crippen LogP contribution in [0.4, 0.5) is 5.69 Å². The maximum Gasteiger partial charge on any atom is 0.264 e. The molecule has 2 aromatic carbocycles. The van der Waals surface area contributed by atoms with Gasteiger partial charge in [0.25, 0.3) is 5.56 Å². The molecule has 0 unspecified atom stereocenters. The SMILES string of the molecule is CCOc1ccc(-n2c(O)c(C=Nc3ccc(C)cc3Br)c(=O)[nH]c2=S)cc1. The van der Waals surface area contributed by atoms with Gasteiger partial charge in [0.15, 0.2) is 4.77 Å². The maximum absolute atomic E-state index is 12.3. The number of halogens is 1. The number of benzene rings is 2. The van der Waals surface area contributed by atoms with Gasteiger partial charge < -0.3 is 9.84 Å². The molecule has 1 heterocycles. The Kier molecular flexibility index (Phi) is 6.11. The molecule has 144 valence electrons. The van der Waals surface area contributed by atoms with Crippen LogP contribution in [0, 0.1) is 11.7 Å². The van der Waals surface area contributed by atoms with Crippen molar-refractivity contribution in [2.75, 3.05) is 6.61 Å². The van der Waals surface area contributed by atoms with Gasteiger partial charge >= 0.3 is 0 Å². The number of aromatic hydroxyl groups is 1. The van der Waals surface area contributed by atoms with Crippen molar-refractivity contribution in [2.45, 2.75) is 13.8 Å². The Bertz CT molecular complexity index is 1150. The van der Waals surface area contributed by atoms with Gasteiger partial charge in [0.05, 0.1) is 18.0 Å². The zero-order valence-electron chi connectivity index (χ0n) is 15.3. The van der Waals surface area contributed by atoms with Crippen LogP contribution in [0.1, 0.15) is 18.1 Å². The van der Waals surface area contributed by atoms with Gasteiger partial charge in [0.2, 0.25) is 5.88 Å². The lowest BCUT2D eigenvalue weighted by Crippen LogP contribution is -2.18. The maximum atomic E-state index is 12.3. The summed E-state index contributed by atoms with van der Waals surface area (Å²) in [5, 5.41) is 10.7. The smallest absolute Gasteiger partial charge is 0.264 e. The molecule has 0 fully saturated rings. The second-order valence-corrected chi connectivity index (χ2v) is 7.21. The number of nitrogens with zero attached hydrogens (tertiary/aromatic N) is 2. The van der Waals surface area contributed by atoms with Crippen LogP contribution in [0.3, 0.4) is 0 Å². The van der Waals surface area contributed by atoms with Crippen molar-refractivity contribution in [1.29, 1.82) is 0 Å². The molecule has 0 aliphatic heterocycles. The highest BCUT2D eigenvalue weighted by Crippen LogP contribution is 2.27. The summed E-state index contributed by atoms with van der Waals surface area (Å²) < 4.78 is 7.67. The Morgan fingerprint density at radius 1 is 1.29 bits per heavy atom. The molecular formula is C20H18BrN3O3S. The fraction of sp³-hybridized carbons (Fsp3) is 0.150. The molecule has 0 amide bonds. The van der Waals surface area contributed by atoms with E-state index in [4.69, 9.17) is 17.0 Å². The highest BCUT2D eigenvalue weighted by molar-refractivity contribution is 9.10. The number of aliphatic imine (C=N–C) groups is 1. The molecule has 0 aliphatic rings. The van der Waals surface area contributed by atoms with Crippen molar-refractivity contribution in [1.82, 2.24) is 9.55 Å². The minimum Gasteiger partial charge on any atom is -0.494 e. The van der Waals surface area contributed by atoms with E-state index in [2.05, 4.69) is 25.9 Å². The van der Waals surface area contributed by atoms with E-state index >= 15 is 0 Å². The third-order valence-electron chi connectivity index (χ3n) is 3.96. The first kappa shape index (κ1) is 20.0. The molecule has 0 saturated heterocycles. The van der Waals surface area contributed by atoms with Crippen LogP contribution in [0.15, 0.2) is 56.7 Å². The molecule has 0 bridgehead atoms. The van der Waals surface area contributed by atoms with Gasteiger partial charge in [-0.15, -0.1) is 0 Å². The molecule has 1 aromatic heterocycles. The van der Waals surface area contributed by atoms with E-state index in [1.807, 2.05) is 32.0 Å². The van der Waals surface area contributed by atoms with Gasteiger partial charge in [-0.1, -0.05) is 6.07 Å². The second kappa shape index (κ2) is 8.53. The average Bonchev–Trinajstić information content (AvgIpc) is 2.64. The summed E-state index contributed by atoms with van der Waals surface area (Å²) in [4.78, 5) is 19.2. The first-order valence-corrected chi connectivity index (χ1v) is 9.72. The standard InChI is InChI=1S/C20H18BrN3O3S/c1-3-27-14-7-5-13(6-8-14)24-19(26)15(18(25)23-20(24)28)11-22-17-9-4-12(2)10-16(17)21/h4-11,26H,3H2,1-2H3,(H,23,25,28). The first-order chi connectivity index (χ1) is 13.4. The van der Waals surface area contributed by atoms with Crippen LogP contribution < -0.4 is 10.3 Å². The number of hydrogen-bond acceptors (Lipinski definition) is 5. The Hall–Kier alpha value is -2.71. The van der Waals surface area contributed by atoms with Crippen LogP contribution in [0.5, 0.6) is 11.6 Å². The predicted molar refractivity (Wildman–Crippen MR) is 116 cm³/mol. The number of hydrogen-bond donors (Lipinski definition) is 2. The summed E-state index contributed by atoms with van der Waals surface area (Å²) in [6.45, 7) is 4.42. The minimum atomic E-state index is -0.517. The normalized spacial score (nSPS) is 11.1. The molecule has 0 aliphatic carbocycles. The highest BCUT2D eigenvalue weighted by atomic mass is 79.9. The van der Waals surface area contributed by atoms with E-state index in [9.17, 15) is 9.90 Å². The predicted octanol–water partition coefficient (Wildman–Crippen LogP) is 4.82. The molecule has 0 saturated carbocycles. The number of aromatic nitrogens is 2. The number of aryl methyl sites for hydroxylation is 1. The van der Waals surface area contributed by atoms with Crippen LogP contribution in [0.2, 0.25) is 0 Å². The summed E-state index contributed by atoms with van der Waals surface area (Å²) >= 11 is 8.67. The van der Waals surface area contributed by atoms with E-state index in [0.717, 1.165) is 10.0 Å². The average molecular weight is 460 g/mol. The Labute approximate surface area is 175 Å². The Balaban J connectivity index is 2.06. The number of aromatic amines is 1. The quantitative estimate of drug-likeness (QED) is 0.423. The molecule has 0 spiro atoms. The number of ether oxygens (including phenoxy) is 1. The molecule has 8 heteroatoms. The Morgan fingerprint density at radius 3 is 2.64 bits per heavy atom. The van der Waals surface area contributed by atoms with Crippen molar-refractivity contribution < 1.29 is 9.84 Å². The van der Waals surface area contributed by atoms with Gasteiger partial charge in [-0.25, -0.2) is 0 Å². The molecule has 28 heavy (non-hydrogen) atoms. The topological polar surface area (TPSA) is 79.6 Å². The van der Waals surface area contributed by atoms with Crippen LogP contribution in [0.25, 0.3) is 5.69 Å². The van der Waals surface area contributed by atoms with Gasteiger partial charge in [-0.3, -0.25) is 19.3 Å². The largest absolute Gasteiger partial charge is 0.494 e. The number of H-pyrrole nitrogens is 1. The molecule has 2 N–H and O–H groups in total. The summed E-state index contributed by atoms with van der Waals surface area (Å²) in [6.07, 6.45) is 1.32. The van der Waals surface area contributed by atoms with Gasteiger partial charge in [0.1, 0.15) is 11.3 Å². The highest BCUT2D eigenvalue weighted by Gasteiger charge is 2.13. The lowest BCUT2D eigenvalue weighted by atomic mass is 10.2.